The van der Waals surface area contributed by atoms with Crippen molar-refractivity contribution in [3.05, 3.63) is 0 Å². The first-order valence-corrected chi connectivity index (χ1v) is 6.29. The van der Waals surface area contributed by atoms with E-state index in [1.165, 1.54) is 32.1 Å². The van der Waals surface area contributed by atoms with Crippen molar-refractivity contribution < 1.29 is 4.79 Å². The van der Waals surface area contributed by atoms with Crippen molar-refractivity contribution in [1.82, 2.24) is 10.6 Å². The van der Waals surface area contributed by atoms with Crippen LogP contribution in [0.25, 0.3) is 0 Å². The standard InChI is InChI=1S/C12H22N2O.ClH/c1-2-3-10-6-11(10)14-12(15)8-13-7-9-4-5-9;/h9-11,13H,2-8H2,1H3,(H,14,15);1H. The Bertz CT molecular complexity index is 231. The Morgan fingerprint density at radius 1 is 1.38 bits per heavy atom. The van der Waals surface area contributed by atoms with Crippen molar-refractivity contribution in [3.63, 3.8) is 0 Å². The van der Waals surface area contributed by atoms with E-state index in [1.54, 1.807) is 0 Å². The molecule has 2 saturated carbocycles. The zero-order valence-electron chi connectivity index (χ0n) is 10.00. The fourth-order valence-corrected chi connectivity index (χ4v) is 2.08. The van der Waals surface area contributed by atoms with Gasteiger partial charge in [-0.15, -0.1) is 12.4 Å². The first-order valence-electron chi connectivity index (χ1n) is 6.29. The Kier molecular flexibility index (Phi) is 5.56. The number of halogens is 1. The minimum Gasteiger partial charge on any atom is -0.352 e. The second-order valence-corrected chi connectivity index (χ2v) is 5.03. The number of hydrogen-bond acceptors (Lipinski definition) is 2. The third-order valence-corrected chi connectivity index (χ3v) is 3.34. The molecule has 4 heteroatoms. The smallest absolute Gasteiger partial charge is 0.234 e. The summed E-state index contributed by atoms with van der Waals surface area (Å²) in [5.41, 5.74) is 0. The molecular formula is C12H23ClN2O. The molecule has 0 aromatic rings. The summed E-state index contributed by atoms with van der Waals surface area (Å²) in [4.78, 5) is 11.5. The molecule has 0 heterocycles. The molecule has 2 aliphatic carbocycles. The molecule has 0 aliphatic heterocycles. The third-order valence-electron chi connectivity index (χ3n) is 3.34. The zero-order chi connectivity index (χ0) is 10.7. The molecule has 0 bridgehead atoms. The van der Waals surface area contributed by atoms with Gasteiger partial charge >= 0.3 is 0 Å². The van der Waals surface area contributed by atoms with Gasteiger partial charge in [0.15, 0.2) is 0 Å². The van der Waals surface area contributed by atoms with E-state index in [1.807, 2.05) is 0 Å². The molecule has 2 unspecified atom stereocenters. The summed E-state index contributed by atoms with van der Waals surface area (Å²) in [6.07, 6.45) is 6.38. The highest BCUT2D eigenvalue weighted by Crippen LogP contribution is 2.34. The van der Waals surface area contributed by atoms with Gasteiger partial charge in [-0.25, -0.2) is 0 Å². The summed E-state index contributed by atoms with van der Waals surface area (Å²) in [5.74, 6) is 1.80. The highest BCUT2D eigenvalue weighted by molar-refractivity contribution is 5.85. The van der Waals surface area contributed by atoms with Crippen LogP contribution in [0.1, 0.15) is 39.0 Å². The van der Waals surface area contributed by atoms with Crippen LogP contribution in [0.15, 0.2) is 0 Å². The second-order valence-electron chi connectivity index (χ2n) is 5.03. The fraction of sp³-hybridized carbons (Fsp3) is 0.917. The molecule has 2 rings (SSSR count). The topological polar surface area (TPSA) is 41.1 Å². The molecule has 2 aliphatic rings. The van der Waals surface area contributed by atoms with Crippen LogP contribution < -0.4 is 10.6 Å². The van der Waals surface area contributed by atoms with Crippen molar-refractivity contribution >= 4 is 18.3 Å². The number of amides is 1. The Morgan fingerprint density at radius 2 is 2.12 bits per heavy atom. The Hall–Kier alpha value is -0.280. The van der Waals surface area contributed by atoms with E-state index in [0.717, 1.165) is 18.4 Å². The molecule has 0 aromatic carbocycles. The van der Waals surface area contributed by atoms with Crippen LogP contribution in [0.4, 0.5) is 0 Å². The summed E-state index contributed by atoms with van der Waals surface area (Å²) < 4.78 is 0. The Balaban J connectivity index is 0.00000128. The normalized spacial score (nSPS) is 27.1. The van der Waals surface area contributed by atoms with Crippen molar-refractivity contribution in [2.24, 2.45) is 11.8 Å². The van der Waals surface area contributed by atoms with E-state index in [2.05, 4.69) is 17.6 Å². The second kappa shape index (κ2) is 6.45. The maximum atomic E-state index is 11.5. The molecule has 0 spiro atoms. The first-order chi connectivity index (χ1) is 7.29. The molecule has 0 aromatic heterocycles. The van der Waals surface area contributed by atoms with E-state index in [4.69, 9.17) is 0 Å². The van der Waals surface area contributed by atoms with Gasteiger partial charge in [0, 0.05) is 6.04 Å². The largest absolute Gasteiger partial charge is 0.352 e. The van der Waals surface area contributed by atoms with Gasteiger partial charge in [-0.3, -0.25) is 4.79 Å². The van der Waals surface area contributed by atoms with Gasteiger partial charge in [0.05, 0.1) is 6.54 Å². The third kappa shape index (κ3) is 4.71. The molecule has 3 nitrogen and oxygen atoms in total. The molecule has 16 heavy (non-hydrogen) atoms. The fourth-order valence-electron chi connectivity index (χ4n) is 2.08. The minimum atomic E-state index is 0. The summed E-state index contributed by atoms with van der Waals surface area (Å²) in [5, 5.41) is 6.30. The van der Waals surface area contributed by atoms with Crippen molar-refractivity contribution in [2.75, 3.05) is 13.1 Å². The monoisotopic (exact) mass is 246 g/mol. The highest BCUT2D eigenvalue weighted by atomic mass is 35.5. The summed E-state index contributed by atoms with van der Waals surface area (Å²) in [6, 6.07) is 0.486. The van der Waals surface area contributed by atoms with Crippen LogP contribution in [0.3, 0.4) is 0 Å². The lowest BCUT2D eigenvalue weighted by Crippen LogP contribution is -2.36. The number of carbonyl (C=O) groups is 1. The lowest BCUT2D eigenvalue weighted by Gasteiger charge is -2.05. The molecule has 1 amide bonds. The number of rotatable bonds is 7. The molecule has 2 N–H and O–H groups in total. The summed E-state index contributed by atoms with van der Waals surface area (Å²) in [7, 11) is 0. The van der Waals surface area contributed by atoms with E-state index in [-0.39, 0.29) is 18.3 Å². The van der Waals surface area contributed by atoms with Gasteiger partial charge in [-0.05, 0) is 44.1 Å². The van der Waals surface area contributed by atoms with Crippen LogP contribution in [-0.2, 0) is 4.79 Å². The zero-order valence-corrected chi connectivity index (χ0v) is 10.8. The van der Waals surface area contributed by atoms with Gasteiger partial charge in [-0.2, -0.15) is 0 Å². The van der Waals surface area contributed by atoms with E-state index in [0.29, 0.717) is 12.6 Å². The lowest BCUT2D eigenvalue weighted by atomic mass is 10.2. The van der Waals surface area contributed by atoms with Gasteiger partial charge in [-0.1, -0.05) is 13.3 Å². The van der Waals surface area contributed by atoms with Gasteiger partial charge in [0.2, 0.25) is 5.91 Å². The van der Waals surface area contributed by atoms with Gasteiger partial charge in [0.1, 0.15) is 0 Å². The summed E-state index contributed by atoms with van der Waals surface area (Å²) >= 11 is 0. The predicted molar refractivity (Wildman–Crippen MR) is 67.8 cm³/mol. The Labute approximate surface area is 104 Å². The maximum Gasteiger partial charge on any atom is 0.234 e. The van der Waals surface area contributed by atoms with Crippen LogP contribution in [0.2, 0.25) is 0 Å². The van der Waals surface area contributed by atoms with Crippen LogP contribution in [0, 0.1) is 11.8 Å². The lowest BCUT2D eigenvalue weighted by molar-refractivity contribution is -0.120. The van der Waals surface area contributed by atoms with E-state index < -0.39 is 0 Å². The molecular weight excluding hydrogens is 224 g/mol. The number of nitrogens with one attached hydrogen (secondary N) is 2. The summed E-state index contributed by atoms with van der Waals surface area (Å²) in [6.45, 7) is 3.73. The number of hydrogen-bond donors (Lipinski definition) is 2. The predicted octanol–water partition coefficient (Wildman–Crippen LogP) is 1.71. The molecule has 0 saturated heterocycles. The van der Waals surface area contributed by atoms with Crippen LogP contribution >= 0.6 is 12.4 Å². The maximum absolute atomic E-state index is 11.5. The highest BCUT2D eigenvalue weighted by Gasteiger charge is 2.36. The van der Waals surface area contributed by atoms with Gasteiger partial charge in [0.25, 0.3) is 0 Å². The quantitative estimate of drug-likeness (QED) is 0.718. The molecule has 2 fully saturated rings. The minimum absolute atomic E-state index is 0. The van der Waals surface area contributed by atoms with Crippen molar-refractivity contribution in [2.45, 2.75) is 45.1 Å². The molecule has 0 radical (unpaired) electrons. The Morgan fingerprint density at radius 3 is 2.75 bits per heavy atom. The van der Waals surface area contributed by atoms with Gasteiger partial charge < -0.3 is 10.6 Å². The van der Waals surface area contributed by atoms with Crippen molar-refractivity contribution in [3.8, 4) is 0 Å². The van der Waals surface area contributed by atoms with E-state index >= 15 is 0 Å². The first kappa shape index (κ1) is 13.8. The van der Waals surface area contributed by atoms with Crippen LogP contribution in [0.5, 0.6) is 0 Å². The van der Waals surface area contributed by atoms with E-state index in [9.17, 15) is 4.79 Å². The average molecular weight is 247 g/mol. The number of carbonyl (C=O) groups excluding carboxylic acids is 1. The molecule has 94 valence electrons. The van der Waals surface area contributed by atoms with Crippen molar-refractivity contribution in [1.29, 1.82) is 0 Å². The van der Waals surface area contributed by atoms with Crippen LogP contribution in [-0.4, -0.2) is 25.0 Å². The SMILES string of the molecule is CCCC1CC1NC(=O)CNCC1CC1.Cl. The average Bonchev–Trinajstić information content (AvgIpc) is 3.05. The molecule has 2 atom stereocenters.